The molecule has 0 bridgehead atoms. The molecule has 1 saturated carbocycles. The molecular weight excluding hydrogens is 535 g/mol. The summed E-state index contributed by atoms with van der Waals surface area (Å²) in [5.41, 5.74) is 0.849. The van der Waals surface area contributed by atoms with Crippen molar-refractivity contribution in [1.29, 1.82) is 0 Å². The van der Waals surface area contributed by atoms with Crippen LogP contribution in [0.5, 0.6) is 0 Å². The van der Waals surface area contributed by atoms with E-state index in [4.69, 9.17) is 0 Å². The van der Waals surface area contributed by atoms with Gasteiger partial charge in [0.05, 0.1) is 10.5 Å². The van der Waals surface area contributed by atoms with Crippen molar-refractivity contribution in [3.63, 3.8) is 0 Å². The van der Waals surface area contributed by atoms with Crippen LogP contribution in [-0.2, 0) is 16.2 Å². The molecule has 3 aromatic carbocycles. The zero-order valence-corrected chi connectivity index (χ0v) is 21.9. The maximum absolute atomic E-state index is 13.5. The first-order valence-corrected chi connectivity index (χ1v) is 14.4. The zero-order valence-electron chi connectivity index (χ0n) is 21.0. The van der Waals surface area contributed by atoms with Crippen LogP contribution in [0, 0.1) is 23.5 Å². The summed E-state index contributed by atoms with van der Waals surface area (Å²) in [6, 6.07) is 16.0. The molecule has 2 aliphatic rings. The summed E-state index contributed by atoms with van der Waals surface area (Å²) in [6.07, 6.45) is -2.46. The van der Waals surface area contributed by atoms with E-state index in [1.807, 2.05) is 0 Å². The van der Waals surface area contributed by atoms with Crippen LogP contribution in [0.2, 0.25) is 0 Å². The molecule has 0 aromatic heterocycles. The van der Waals surface area contributed by atoms with E-state index in [9.17, 15) is 30.4 Å². The third-order valence-electron chi connectivity index (χ3n) is 7.99. The fourth-order valence-electron chi connectivity index (χ4n) is 6.02. The summed E-state index contributed by atoms with van der Waals surface area (Å²) in [5.74, 6) is -0.387. The lowest BCUT2D eigenvalue weighted by atomic mass is 9.88. The van der Waals surface area contributed by atoms with Crippen molar-refractivity contribution in [3.05, 3.63) is 101 Å². The van der Waals surface area contributed by atoms with E-state index in [-0.39, 0.29) is 35.4 Å². The van der Waals surface area contributed by atoms with Crippen molar-refractivity contribution in [1.82, 2.24) is 9.62 Å². The Hall–Kier alpha value is -2.82. The number of alkyl halides is 3. The molecule has 2 fully saturated rings. The van der Waals surface area contributed by atoms with Gasteiger partial charge >= 0.3 is 6.18 Å². The molecule has 1 saturated heterocycles. The topological polar surface area (TPSA) is 49.4 Å². The van der Waals surface area contributed by atoms with Gasteiger partial charge in [-0.3, -0.25) is 0 Å². The highest BCUT2D eigenvalue weighted by Crippen LogP contribution is 2.40. The van der Waals surface area contributed by atoms with Crippen LogP contribution in [-0.4, -0.2) is 39.0 Å². The third-order valence-corrected chi connectivity index (χ3v) is 9.48. The average Bonchev–Trinajstić information content (AvgIpc) is 3.47. The molecule has 4 nitrogen and oxygen atoms in total. The smallest absolute Gasteiger partial charge is 0.303 e. The minimum absolute atomic E-state index is 0.0562. The van der Waals surface area contributed by atoms with E-state index in [0.717, 1.165) is 36.2 Å². The van der Waals surface area contributed by atoms with E-state index in [1.165, 1.54) is 30.3 Å². The Kier molecular flexibility index (Phi) is 7.81. The second-order valence-corrected chi connectivity index (χ2v) is 12.2. The molecule has 208 valence electrons. The lowest BCUT2D eigenvalue weighted by Gasteiger charge is -2.24. The highest BCUT2D eigenvalue weighted by Gasteiger charge is 2.44. The van der Waals surface area contributed by atoms with Crippen LogP contribution in [0.4, 0.5) is 22.0 Å². The van der Waals surface area contributed by atoms with Crippen molar-refractivity contribution in [2.24, 2.45) is 11.8 Å². The first-order chi connectivity index (χ1) is 18.5. The fraction of sp³-hybridized carbons (Fsp3) is 0.379. The van der Waals surface area contributed by atoms with Gasteiger partial charge in [0, 0.05) is 25.0 Å². The number of benzene rings is 3. The highest BCUT2D eigenvalue weighted by molar-refractivity contribution is 7.89. The normalized spacial score (nSPS) is 21.9. The molecule has 3 aromatic rings. The van der Waals surface area contributed by atoms with Crippen LogP contribution >= 0.6 is 0 Å². The summed E-state index contributed by atoms with van der Waals surface area (Å²) in [5, 5.41) is 0. The Morgan fingerprint density at radius 2 is 1.49 bits per heavy atom. The molecule has 5 rings (SSSR count). The number of rotatable bonds is 8. The molecule has 0 unspecified atom stereocenters. The van der Waals surface area contributed by atoms with Crippen LogP contribution < -0.4 is 4.72 Å². The summed E-state index contributed by atoms with van der Waals surface area (Å²) < 4.78 is 95.0. The number of sulfonamides is 1. The lowest BCUT2D eigenvalue weighted by molar-refractivity contribution is -0.137. The number of hydrogen-bond donors (Lipinski definition) is 1. The van der Waals surface area contributed by atoms with E-state index in [2.05, 4.69) is 9.62 Å². The molecule has 0 spiro atoms. The minimum Gasteiger partial charge on any atom is -0.303 e. The third kappa shape index (κ3) is 6.34. The Bertz CT molecular complexity index is 1350. The molecule has 0 radical (unpaired) electrons. The van der Waals surface area contributed by atoms with Gasteiger partial charge in [0.1, 0.15) is 11.6 Å². The van der Waals surface area contributed by atoms with Gasteiger partial charge in [0.25, 0.3) is 0 Å². The Morgan fingerprint density at radius 3 is 2.08 bits per heavy atom. The predicted octanol–water partition coefficient (Wildman–Crippen LogP) is 6.19. The highest BCUT2D eigenvalue weighted by atomic mass is 32.2. The molecule has 3 atom stereocenters. The number of likely N-dealkylation sites (tertiary alicyclic amines) is 1. The summed E-state index contributed by atoms with van der Waals surface area (Å²) in [4.78, 5) is 1.89. The predicted molar refractivity (Wildman–Crippen MR) is 137 cm³/mol. The van der Waals surface area contributed by atoms with Crippen molar-refractivity contribution in [3.8, 4) is 0 Å². The molecular formula is C29H29F5N2O2S. The second kappa shape index (κ2) is 11.0. The van der Waals surface area contributed by atoms with Gasteiger partial charge in [0.2, 0.25) is 10.0 Å². The molecule has 10 heteroatoms. The van der Waals surface area contributed by atoms with E-state index in [0.29, 0.717) is 32.0 Å². The SMILES string of the molecule is O=S(=O)(N[C@@H]1CC[C@H]2CN(CCC(c3ccc(F)cc3)c3ccc(F)cc3)C[C@H]21)c1cccc(C(F)(F)F)c1. The Labute approximate surface area is 224 Å². The molecule has 1 aliphatic heterocycles. The van der Waals surface area contributed by atoms with Crippen LogP contribution in [0.15, 0.2) is 77.7 Å². The zero-order chi connectivity index (χ0) is 27.8. The maximum Gasteiger partial charge on any atom is 0.416 e. The number of fused-ring (bicyclic) bond motifs is 1. The van der Waals surface area contributed by atoms with Crippen molar-refractivity contribution >= 4 is 10.0 Å². The fourth-order valence-corrected chi connectivity index (χ4v) is 7.39. The van der Waals surface area contributed by atoms with Crippen LogP contribution in [0.1, 0.15) is 41.9 Å². The Morgan fingerprint density at radius 1 is 0.872 bits per heavy atom. The summed E-state index contributed by atoms with van der Waals surface area (Å²) in [7, 11) is -4.12. The van der Waals surface area contributed by atoms with Gasteiger partial charge < -0.3 is 4.90 Å². The molecule has 39 heavy (non-hydrogen) atoms. The van der Waals surface area contributed by atoms with Crippen molar-refractivity contribution < 1.29 is 30.4 Å². The van der Waals surface area contributed by atoms with E-state index < -0.39 is 26.7 Å². The van der Waals surface area contributed by atoms with Gasteiger partial charge in [0.15, 0.2) is 0 Å². The first-order valence-electron chi connectivity index (χ1n) is 12.9. The van der Waals surface area contributed by atoms with Gasteiger partial charge in [-0.2, -0.15) is 13.2 Å². The second-order valence-electron chi connectivity index (χ2n) is 10.5. The van der Waals surface area contributed by atoms with Crippen molar-refractivity contribution in [2.75, 3.05) is 19.6 Å². The average molecular weight is 565 g/mol. The van der Waals surface area contributed by atoms with Crippen molar-refractivity contribution in [2.45, 2.75) is 42.3 Å². The van der Waals surface area contributed by atoms with Crippen LogP contribution in [0.3, 0.4) is 0 Å². The van der Waals surface area contributed by atoms with E-state index in [1.54, 1.807) is 24.3 Å². The number of halogens is 5. The Balaban J connectivity index is 1.25. The number of hydrogen-bond acceptors (Lipinski definition) is 3. The maximum atomic E-state index is 13.5. The number of nitrogens with zero attached hydrogens (tertiary/aromatic N) is 1. The van der Waals surface area contributed by atoms with Crippen LogP contribution in [0.25, 0.3) is 0 Å². The summed E-state index contributed by atoms with van der Waals surface area (Å²) in [6.45, 7) is 2.17. The largest absolute Gasteiger partial charge is 0.416 e. The first kappa shape index (κ1) is 27.7. The standard InChI is InChI=1S/C29H29F5N2O2S/c30-23-9-4-19(5-10-23)26(20-6-11-24(31)12-7-20)14-15-36-17-21-8-13-28(27(21)18-36)35-39(37,38)25-3-1-2-22(16-25)29(32,33)34/h1-7,9-12,16,21,26-28,35H,8,13-15,17-18H2/t21-,27+,28+/m0/s1. The van der Waals surface area contributed by atoms with Gasteiger partial charge in [-0.1, -0.05) is 30.3 Å². The molecule has 1 N–H and O–H groups in total. The quantitative estimate of drug-likeness (QED) is 0.332. The molecule has 0 amide bonds. The minimum atomic E-state index is -4.63. The van der Waals surface area contributed by atoms with E-state index >= 15 is 0 Å². The lowest BCUT2D eigenvalue weighted by Crippen LogP contribution is -2.39. The number of nitrogens with one attached hydrogen (secondary N) is 1. The monoisotopic (exact) mass is 564 g/mol. The molecule has 1 aliphatic carbocycles. The van der Waals surface area contributed by atoms with Gasteiger partial charge in [-0.05, 0) is 91.2 Å². The summed E-state index contributed by atoms with van der Waals surface area (Å²) >= 11 is 0. The van der Waals surface area contributed by atoms with Gasteiger partial charge in [-0.15, -0.1) is 0 Å². The molecule has 1 heterocycles. The van der Waals surface area contributed by atoms with Gasteiger partial charge in [-0.25, -0.2) is 21.9 Å².